The molecule has 3 rings (SSSR count). The molecule has 3 aromatic heterocycles. The van der Waals surface area contributed by atoms with Crippen LogP contribution in [0.3, 0.4) is 0 Å². The minimum Gasteiger partial charge on any atom is -0.477 e. The molecular formula is C24H30N6O2. The van der Waals surface area contributed by atoms with E-state index in [1.165, 1.54) is 0 Å². The number of hydrogen-bond acceptors (Lipinski definition) is 7. The quantitative estimate of drug-likeness (QED) is 0.439. The molecular weight excluding hydrogens is 404 g/mol. The summed E-state index contributed by atoms with van der Waals surface area (Å²) < 4.78 is 7.26. The highest BCUT2D eigenvalue weighted by Gasteiger charge is 2.18. The molecule has 0 amide bonds. The van der Waals surface area contributed by atoms with Gasteiger partial charge in [-0.25, -0.2) is 9.97 Å². The summed E-state index contributed by atoms with van der Waals surface area (Å²) in [7, 11) is 1.73. The second kappa shape index (κ2) is 10.1. The molecule has 32 heavy (non-hydrogen) atoms. The molecule has 168 valence electrons. The van der Waals surface area contributed by atoms with Gasteiger partial charge in [-0.3, -0.25) is 4.79 Å². The van der Waals surface area contributed by atoms with Gasteiger partial charge in [-0.15, -0.1) is 0 Å². The van der Waals surface area contributed by atoms with Crippen LogP contribution in [0.15, 0.2) is 47.5 Å². The number of ether oxygens (including phenoxy) is 1. The third kappa shape index (κ3) is 5.32. The van der Waals surface area contributed by atoms with E-state index in [2.05, 4.69) is 15.6 Å². The number of hydrogen-bond donors (Lipinski definition) is 3. The number of pyridine rings is 3. The third-order valence-corrected chi connectivity index (χ3v) is 4.77. The van der Waals surface area contributed by atoms with Crippen molar-refractivity contribution in [1.29, 1.82) is 5.41 Å². The van der Waals surface area contributed by atoms with Crippen LogP contribution in [0.1, 0.15) is 39.0 Å². The maximum Gasteiger partial charge on any atom is 0.250 e. The Morgan fingerprint density at radius 2 is 2.06 bits per heavy atom. The van der Waals surface area contributed by atoms with Gasteiger partial charge in [0.2, 0.25) is 11.4 Å². The first kappa shape index (κ1) is 23.0. The van der Waals surface area contributed by atoms with Crippen molar-refractivity contribution in [2.45, 2.75) is 40.3 Å². The maximum absolute atomic E-state index is 11.7. The molecule has 0 spiro atoms. The largest absolute Gasteiger partial charge is 0.477 e. The standard InChI is InChI=1S/C24H30N6O2/c1-6-32-24-18(8-7-11-26-24)19-12-20(23(28-15(2)3)22(29-19)16(4)25)27-13-17-9-10-21(31)30(5)14-17/h7-12,14-15,25,28H,6,13H2,1-5H3,(H,27,29). The highest BCUT2D eigenvalue weighted by molar-refractivity contribution is 6.03. The van der Waals surface area contributed by atoms with Gasteiger partial charge in [-0.1, -0.05) is 6.07 Å². The summed E-state index contributed by atoms with van der Waals surface area (Å²) in [6, 6.07) is 9.21. The summed E-state index contributed by atoms with van der Waals surface area (Å²) in [5.41, 5.74) is 4.83. The molecule has 8 heteroatoms. The highest BCUT2D eigenvalue weighted by Crippen LogP contribution is 2.34. The first-order valence-electron chi connectivity index (χ1n) is 10.6. The molecule has 8 nitrogen and oxygen atoms in total. The molecule has 3 heterocycles. The number of nitrogens with one attached hydrogen (secondary N) is 3. The highest BCUT2D eigenvalue weighted by atomic mass is 16.5. The fraction of sp³-hybridized carbons (Fsp3) is 0.333. The molecule has 0 aliphatic heterocycles. The number of nitrogens with zero attached hydrogens (tertiary/aromatic N) is 3. The predicted molar refractivity (Wildman–Crippen MR) is 129 cm³/mol. The summed E-state index contributed by atoms with van der Waals surface area (Å²) in [4.78, 5) is 20.8. The first-order chi connectivity index (χ1) is 15.3. The van der Waals surface area contributed by atoms with Crippen molar-refractivity contribution in [3.05, 3.63) is 64.3 Å². The summed E-state index contributed by atoms with van der Waals surface area (Å²) >= 11 is 0. The topological polar surface area (TPSA) is 105 Å². The Hall–Kier alpha value is -3.68. The van der Waals surface area contributed by atoms with E-state index >= 15 is 0 Å². The van der Waals surface area contributed by atoms with Gasteiger partial charge in [-0.05, 0) is 51.5 Å². The van der Waals surface area contributed by atoms with Crippen LogP contribution >= 0.6 is 0 Å². The lowest BCUT2D eigenvalue weighted by Crippen LogP contribution is -2.18. The fourth-order valence-corrected chi connectivity index (χ4v) is 3.32. The van der Waals surface area contributed by atoms with Crippen molar-refractivity contribution in [3.63, 3.8) is 0 Å². The summed E-state index contributed by atoms with van der Waals surface area (Å²) in [5.74, 6) is 0.504. The minimum atomic E-state index is -0.0520. The van der Waals surface area contributed by atoms with Crippen molar-refractivity contribution in [2.24, 2.45) is 7.05 Å². The Morgan fingerprint density at radius 3 is 2.72 bits per heavy atom. The van der Waals surface area contributed by atoms with Gasteiger partial charge in [-0.2, -0.15) is 0 Å². The molecule has 0 saturated heterocycles. The lowest BCUT2D eigenvalue weighted by Gasteiger charge is -2.21. The summed E-state index contributed by atoms with van der Waals surface area (Å²) in [6.07, 6.45) is 3.49. The molecule has 3 N–H and O–H groups in total. The smallest absolute Gasteiger partial charge is 0.250 e. The van der Waals surface area contributed by atoms with Gasteiger partial charge in [0.25, 0.3) is 0 Å². The van der Waals surface area contributed by atoms with Gasteiger partial charge in [0.05, 0.1) is 35.0 Å². The normalized spacial score (nSPS) is 10.8. The number of aryl methyl sites for hydroxylation is 1. The van der Waals surface area contributed by atoms with Crippen LogP contribution in [0.25, 0.3) is 11.3 Å². The molecule has 0 atom stereocenters. The molecule has 0 unspecified atom stereocenters. The van der Waals surface area contributed by atoms with Crippen LogP contribution in [0, 0.1) is 5.41 Å². The molecule has 0 aromatic carbocycles. The van der Waals surface area contributed by atoms with Crippen molar-refractivity contribution in [3.8, 4) is 17.1 Å². The molecule has 0 aliphatic carbocycles. The molecule has 0 radical (unpaired) electrons. The van der Waals surface area contributed by atoms with E-state index in [0.717, 1.165) is 22.5 Å². The van der Waals surface area contributed by atoms with Gasteiger partial charge >= 0.3 is 0 Å². The monoisotopic (exact) mass is 434 g/mol. The maximum atomic E-state index is 11.7. The van der Waals surface area contributed by atoms with Crippen molar-refractivity contribution < 1.29 is 4.74 Å². The van der Waals surface area contributed by atoms with E-state index in [1.807, 2.05) is 51.2 Å². The van der Waals surface area contributed by atoms with Crippen LogP contribution in [0.5, 0.6) is 5.88 Å². The SMILES string of the molecule is CCOc1ncccc1-c1cc(NCc2ccc(=O)n(C)c2)c(NC(C)C)c(C(C)=N)n1. The van der Waals surface area contributed by atoms with Crippen LogP contribution in [0.4, 0.5) is 11.4 Å². The Labute approximate surface area is 188 Å². The van der Waals surface area contributed by atoms with Gasteiger partial charge in [0.15, 0.2) is 0 Å². The molecule has 0 saturated carbocycles. The molecule has 0 bridgehead atoms. The number of anilines is 2. The Morgan fingerprint density at radius 1 is 1.28 bits per heavy atom. The predicted octanol–water partition coefficient (Wildman–Crippen LogP) is 4.06. The number of rotatable bonds is 9. The van der Waals surface area contributed by atoms with Crippen LogP contribution in [-0.2, 0) is 13.6 Å². The average Bonchev–Trinajstić information content (AvgIpc) is 2.75. The Bertz CT molecular complexity index is 1170. The zero-order valence-electron chi connectivity index (χ0n) is 19.2. The second-order valence-electron chi connectivity index (χ2n) is 7.83. The lowest BCUT2D eigenvalue weighted by molar-refractivity contribution is 0.328. The van der Waals surface area contributed by atoms with E-state index < -0.39 is 0 Å². The molecule has 0 aliphatic rings. The molecule has 3 aromatic rings. The van der Waals surface area contributed by atoms with Crippen molar-refractivity contribution in [1.82, 2.24) is 14.5 Å². The van der Waals surface area contributed by atoms with Gasteiger partial charge < -0.3 is 25.3 Å². The summed E-state index contributed by atoms with van der Waals surface area (Å²) in [5, 5.41) is 15.2. The zero-order chi connectivity index (χ0) is 23.3. The van der Waals surface area contributed by atoms with E-state index in [4.69, 9.17) is 15.1 Å². The van der Waals surface area contributed by atoms with E-state index in [1.54, 1.807) is 30.8 Å². The van der Waals surface area contributed by atoms with Gasteiger partial charge in [0, 0.05) is 38.1 Å². The van der Waals surface area contributed by atoms with Crippen molar-refractivity contribution in [2.75, 3.05) is 17.2 Å². The van der Waals surface area contributed by atoms with Crippen LogP contribution < -0.4 is 20.9 Å². The van der Waals surface area contributed by atoms with Gasteiger partial charge in [0.1, 0.15) is 5.69 Å². The zero-order valence-corrected chi connectivity index (χ0v) is 19.2. The summed E-state index contributed by atoms with van der Waals surface area (Å²) in [6.45, 7) is 8.72. The van der Waals surface area contributed by atoms with Crippen molar-refractivity contribution >= 4 is 17.1 Å². The average molecular weight is 435 g/mol. The fourth-order valence-electron chi connectivity index (χ4n) is 3.32. The number of aromatic nitrogens is 3. The minimum absolute atomic E-state index is 0.0520. The third-order valence-electron chi connectivity index (χ3n) is 4.77. The Balaban J connectivity index is 2.10. The van der Waals surface area contributed by atoms with E-state index in [9.17, 15) is 4.79 Å². The van der Waals surface area contributed by atoms with Crippen LogP contribution in [-0.4, -0.2) is 32.9 Å². The lowest BCUT2D eigenvalue weighted by atomic mass is 10.1. The van der Waals surface area contributed by atoms with E-state index in [-0.39, 0.29) is 11.6 Å². The Kier molecular flexibility index (Phi) is 7.25. The van der Waals surface area contributed by atoms with E-state index in [0.29, 0.717) is 36.1 Å². The molecule has 0 fully saturated rings. The van der Waals surface area contributed by atoms with Crippen LogP contribution in [0.2, 0.25) is 0 Å². The first-order valence-corrected chi connectivity index (χ1v) is 10.6. The second-order valence-corrected chi connectivity index (χ2v) is 7.83.